The van der Waals surface area contributed by atoms with Gasteiger partial charge in [-0.1, -0.05) is 6.92 Å². The molecule has 2 atom stereocenters. The number of ether oxygens (including phenoxy) is 2. The van der Waals surface area contributed by atoms with Crippen molar-refractivity contribution in [2.24, 2.45) is 0 Å². The summed E-state index contributed by atoms with van der Waals surface area (Å²) in [7, 11) is -3.82. The molecule has 1 heterocycles. The lowest BCUT2D eigenvalue weighted by atomic mass is 10.5. The summed E-state index contributed by atoms with van der Waals surface area (Å²) < 4.78 is 25.7. The van der Waals surface area contributed by atoms with E-state index in [2.05, 4.69) is 0 Å². The van der Waals surface area contributed by atoms with Crippen LogP contribution in [0.4, 0.5) is 0 Å². The Kier molecular flexibility index (Phi) is 6.31. The molecule has 9 heteroatoms. The van der Waals surface area contributed by atoms with Gasteiger partial charge in [0.25, 0.3) is 17.9 Å². The van der Waals surface area contributed by atoms with Crippen molar-refractivity contribution in [2.45, 2.75) is 52.6 Å². The third-order valence-corrected chi connectivity index (χ3v) is 5.07. The van der Waals surface area contributed by atoms with Crippen LogP contribution in [0, 0.1) is 0 Å². The second-order valence-corrected chi connectivity index (χ2v) is 6.97. The van der Waals surface area contributed by atoms with Crippen molar-refractivity contribution in [1.29, 1.82) is 0 Å². The second-order valence-electron chi connectivity index (χ2n) is 4.58. The normalized spacial score (nSPS) is 20.6. The lowest BCUT2D eigenvalue weighted by Gasteiger charge is -2.25. The van der Waals surface area contributed by atoms with E-state index >= 15 is 0 Å². The van der Waals surface area contributed by atoms with Gasteiger partial charge in [-0.3, -0.25) is 14.4 Å². The van der Waals surface area contributed by atoms with Crippen molar-refractivity contribution in [2.75, 3.05) is 6.61 Å². The Bertz CT molecular complexity index is 369. The Hall–Kier alpha value is -1.45. The summed E-state index contributed by atoms with van der Waals surface area (Å²) in [6, 6.07) is -0.0138. The van der Waals surface area contributed by atoms with E-state index in [1.165, 1.54) is 0 Å². The van der Waals surface area contributed by atoms with Crippen LogP contribution in [0.15, 0.2) is 0 Å². The van der Waals surface area contributed by atoms with E-state index in [9.17, 15) is 14.4 Å². The standard InChI is InChI=1S/C12H20O8Si/c1-5-6-16-12-11(17-12)7-21(18-8(2)13,19-9(3)14)20-10(4)15/h11-12H,5-7H2,1-4H3. The first-order valence-corrected chi connectivity index (χ1v) is 8.57. The molecule has 0 radical (unpaired) electrons. The molecule has 21 heavy (non-hydrogen) atoms. The fraction of sp³-hybridized carbons (Fsp3) is 0.750. The average Bonchev–Trinajstić information content (AvgIpc) is 3.00. The Balaban J connectivity index is 2.76. The van der Waals surface area contributed by atoms with E-state index < -0.39 is 39.1 Å². The number of carbonyl (C=O) groups is 3. The van der Waals surface area contributed by atoms with E-state index in [-0.39, 0.29) is 6.04 Å². The Morgan fingerprint density at radius 2 is 1.48 bits per heavy atom. The van der Waals surface area contributed by atoms with Gasteiger partial charge in [-0.15, -0.1) is 0 Å². The molecule has 0 amide bonds. The van der Waals surface area contributed by atoms with Gasteiger partial charge in [0.2, 0.25) is 0 Å². The van der Waals surface area contributed by atoms with Crippen LogP contribution in [0.5, 0.6) is 0 Å². The van der Waals surface area contributed by atoms with Gasteiger partial charge >= 0.3 is 8.80 Å². The number of hydrogen-bond acceptors (Lipinski definition) is 8. The molecule has 120 valence electrons. The molecule has 1 aliphatic heterocycles. The van der Waals surface area contributed by atoms with Crippen molar-refractivity contribution in [3.05, 3.63) is 0 Å². The molecule has 1 aliphatic rings. The Morgan fingerprint density at radius 3 is 1.86 bits per heavy atom. The Morgan fingerprint density at radius 1 is 1.00 bits per heavy atom. The summed E-state index contributed by atoms with van der Waals surface area (Å²) in [6.45, 7) is 5.91. The zero-order valence-corrected chi connectivity index (χ0v) is 13.5. The van der Waals surface area contributed by atoms with Crippen LogP contribution in [0.3, 0.4) is 0 Å². The summed E-state index contributed by atoms with van der Waals surface area (Å²) in [5, 5.41) is 0. The molecule has 0 saturated carbocycles. The van der Waals surface area contributed by atoms with Gasteiger partial charge < -0.3 is 22.8 Å². The molecular weight excluding hydrogens is 300 g/mol. The van der Waals surface area contributed by atoms with Crippen LogP contribution in [-0.4, -0.2) is 45.7 Å². The molecule has 1 saturated heterocycles. The molecule has 0 aromatic heterocycles. The van der Waals surface area contributed by atoms with E-state index in [1.807, 2.05) is 6.92 Å². The van der Waals surface area contributed by atoms with Crippen molar-refractivity contribution >= 4 is 26.7 Å². The SMILES string of the molecule is CCCOC1OC1C[Si](OC(C)=O)(OC(C)=O)OC(C)=O. The molecule has 0 aromatic rings. The first-order valence-electron chi connectivity index (χ1n) is 6.64. The zero-order valence-electron chi connectivity index (χ0n) is 12.5. The predicted molar refractivity (Wildman–Crippen MR) is 70.8 cm³/mol. The third kappa shape index (κ3) is 6.23. The highest BCUT2D eigenvalue weighted by Crippen LogP contribution is 2.33. The first kappa shape index (κ1) is 17.6. The zero-order chi connectivity index (χ0) is 16.0. The highest BCUT2D eigenvalue weighted by molar-refractivity contribution is 6.65. The highest BCUT2D eigenvalue weighted by atomic mass is 28.4. The van der Waals surface area contributed by atoms with Crippen molar-refractivity contribution in [3.8, 4) is 0 Å². The van der Waals surface area contributed by atoms with Gasteiger partial charge in [0, 0.05) is 27.4 Å². The minimum absolute atomic E-state index is 0.0138. The van der Waals surface area contributed by atoms with Crippen LogP contribution >= 0.6 is 0 Å². The summed E-state index contributed by atoms with van der Waals surface area (Å²) in [5.41, 5.74) is 0. The lowest BCUT2D eigenvalue weighted by molar-refractivity contribution is -0.147. The lowest BCUT2D eigenvalue weighted by Crippen LogP contribution is -2.50. The average molecular weight is 320 g/mol. The van der Waals surface area contributed by atoms with Crippen molar-refractivity contribution < 1.29 is 37.1 Å². The first-order chi connectivity index (χ1) is 9.78. The fourth-order valence-corrected chi connectivity index (χ4v) is 4.21. The smallest absolute Gasteiger partial charge is 0.455 e. The minimum atomic E-state index is -3.82. The maximum absolute atomic E-state index is 11.2. The van der Waals surface area contributed by atoms with E-state index in [0.29, 0.717) is 6.61 Å². The molecule has 1 fully saturated rings. The van der Waals surface area contributed by atoms with Gasteiger partial charge in [0.15, 0.2) is 6.29 Å². The number of carbonyl (C=O) groups excluding carboxylic acids is 3. The van der Waals surface area contributed by atoms with Crippen molar-refractivity contribution in [3.63, 3.8) is 0 Å². The minimum Gasteiger partial charge on any atom is -0.455 e. The van der Waals surface area contributed by atoms with Gasteiger partial charge in [-0.25, -0.2) is 0 Å². The van der Waals surface area contributed by atoms with Gasteiger partial charge in [0.1, 0.15) is 6.10 Å². The van der Waals surface area contributed by atoms with E-state index in [4.69, 9.17) is 22.8 Å². The van der Waals surface area contributed by atoms with Crippen LogP contribution < -0.4 is 0 Å². The summed E-state index contributed by atoms with van der Waals surface area (Å²) in [6.07, 6.45) is -0.0627. The largest absolute Gasteiger partial charge is 0.708 e. The summed E-state index contributed by atoms with van der Waals surface area (Å²) in [4.78, 5) is 33.7. The molecule has 8 nitrogen and oxygen atoms in total. The summed E-state index contributed by atoms with van der Waals surface area (Å²) >= 11 is 0. The number of rotatable bonds is 8. The molecular formula is C12H20O8Si. The fourth-order valence-electron chi connectivity index (χ4n) is 1.74. The highest BCUT2D eigenvalue weighted by Gasteiger charge is 2.59. The molecule has 0 aliphatic carbocycles. The molecule has 0 spiro atoms. The van der Waals surface area contributed by atoms with Crippen molar-refractivity contribution in [1.82, 2.24) is 0 Å². The van der Waals surface area contributed by atoms with Gasteiger partial charge in [0.05, 0.1) is 6.04 Å². The Labute approximate surface area is 124 Å². The third-order valence-electron chi connectivity index (χ3n) is 2.37. The van der Waals surface area contributed by atoms with Gasteiger partial charge in [-0.2, -0.15) is 0 Å². The van der Waals surface area contributed by atoms with E-state index in [1.54, 1.807) is 0 Å². The van der Waals surface area contributed by atoms with Crippen LogP contribution in [0.1, 0.15) is 34.1 Å². The number of epoxide rings is 1. The maximum atomic E-state index is 11.2. The maximum Gasteiger partial charge on any atom is 0.708 e. The second kappa shape index (κ2) is 7.53. The molecule has 0 aromatic carbocycles. The molecule has 0 N–H and O–H groups in total. The quantitative estimate of drug-likeness (QED) is 0.477. The topological polar surface area (TPSA) is 101 Å². The van der Waals surface area contributed by atoms with E-state index in [0.717, 1.165) is 27.2 Å². The van der Waals surface area contributed by atoms with Crippen LogP contribution in [0.25, 0.3) is 0 Å². The molecule has 2 unspecified atom stereocenters. The predicted octanol–water partition coefficient (Wildman–Crippen LogP) is 0.766. The summed E-state index contributed by atoms with van der Waals surface area (Å²) in [5.74, 6) is -2.09. The van der Waals surface area contributed by atoms with Crippen LogP contribution in [-0.2, 0) is 37.1 Å². The molecule has 1 rings (SSSR count). The van der Waals surface area contributed by atoms with Gasteiger partial charge in [-0.05, 0) is 6.42 Å². The monoisotopic (exact) mass is 320 g/mol. The molecule has 0 bridgehead atoms. The number of hydrogen-bond donors (Lipinski definition) is 0. The van der Waals surface area contributed by atoms with Crippen LogP contribution in [0.2, 0.25) is 6.04 Å².